The number of carbonyl (C=O) groups is 2. The molecule has 0 aliphatic carbocycles. The average molecular weight is 340 g/mol. The van der Waals surface area contributed by atoms with E-state index in [1.807, 2.05) is 6.07 Å². The number of likely N-dealkylation sites (tertiary alicyclic amines) is 1. The van der Waals surface area contributed by atoms with Gasteiger partial charge in [-0.3, -0.25) is 9.69 Å². The maximum atomic E-state index is 12.6. The van der Waals surface area contributed by atoms with E-state index in [2.05, 4.69) is 5.32 Å². The van der Waals surface area contributed by atoms with E-state index in [1.165, 1.54) is 4.90 Å². The summed E-state index contributed by atoms with van der Waals surface area (Å²) >= 11 is 0. The number of rotatable bonds is 4. The fourth-order valence-electron chi connectivity index (χ4n) is 2.83. The van der Waals surface area contributed by atoms with Gasteiger partial charge >= 0.3 is 6.09 Å². The Morgan fingerprint density at radius 1 is 1.08 bits per heavy atom. The summed E-state index contributed by atoms with van der Waals surface area (Å²) in [6.45, 7) is 0.502. The van der Waals surface area contributed by atoms with E-state index in [4.69, 9.17) is 9.47 Å². The van der Waals surface area contributed by atoms with Gasteiger partial charge in [0.25, 0.3) is 0 Å². The van der Waals surface area contributed by atoms with Gasteiger partial charge in [0.1, 0.15) is 17.5 Å². The fraction of sp³-hybridized carbons (Fsp3) is 0.263. The molecule has 25 heavy (non-hydrogen) atoms. The van der Waals surface area contributed by atoms with Crippen LogP contribution in [0.4, 0.5) is 10.5 Å². The molecule has 0 saturated carbocycles. The molecule has 1 aliphatic heterocycles. The van der Waals surface area contributed by atoms with Crippen molar-refractivity contribution >= 4 is 17.7 Å². The van der Waals surface area contributed by atoms with Crippen molar-refractivity contribution in [2.24, 2.45) is 0 Å². The first-order valence-corrected chi connectivity index (χ1v) is 8.16. The van der Waals surface area contributed by atoms with Crippen molar-refractivity contribution in [1.29, 1.82) is 0 Å². The highest BCUT2D eigenvalue weighted by molar-refractivity contribution is 5.97. The molecule has 6 heteroatoms. The highest BCUT2D eigenvalue weighted by Crippen LogP contribution is 2.23. The number of ether oxygens (including phenoxy) is 2. The molecule has 0 radical (unpaired) electrons. The standard InChI is InChI=1S/C19H20N2O4/c1-24-16-10-5-7-14(13-16)20-18(22)17-11-6-12-21(17)19(23)25-15-8-3-2-4-9-15/h2-5,7-10,13,17H,6,11-12H2,1H3,(H,20,22). The van der Waals surface area contributed by atoms with Gasteiger partial charge < -0.3 is 14.8 Å². The molecular formula is C19H20N2O4. The highest BCUT2D eigenvalue weighted by Gasteiger charge is 2.35. The minimum absolute atomic E-state index is 0.226. The summed E-state index contributed by atoms with van der Waals surface area (Å²) < 4.78 is 10.5. The molecule has 1 unspecified atom stereocenters. The lowest BCUT2D eigenvalue weighted by Gasteiger charge is -2.23. The van der Waals surface area contributed by atoms with Crippen molar-refractivity contribution < 1.29 is 19.1 Å². The molecule has 0 spiro atoms. The predicted octanol–water partition coefficient (Wildman–Crippen LogP) is 3.30. The van der Waals surface area contributed by atoms with E-state index >= 15 is 0 Å². The molecule has 2 aromatic carbocycles. The minimum Gasteiger partial charge on any atom is -0.497 e. The number of para-hydroxylation sites is 1. The zero-order valence-electron chi connectivity index (χ0n) is 14.0. The molecule has 130 valence electrons. The summed E-state index contributed by atoms with van der Waals surface area (Å²) in [6.07, 6.45) is 0.870. The number of nitrogens with zero attached hydrogens (tertiary/aromatic N) is 1. The molecular weight excluding hydrogens is 320 g/mol. The molecule has 1 aliphatic rings. The number of carbonyl (C=O) groups excluding carboxylic acids is 2. The Morgan fingerprint density at radius 2 is 1.84 bits per heavy atom. The van der Waals surface area contributed by atoms with Crippen LogP contribution in [-0.2, 0) is 4.79 Å². The van der Waals surface area contributed by atoms with Gasteiger partial charge in [-0.25, -0.2) is 4.79 Å². The van der Waals surface area contributed by atoms with Crippen molar-refractivity contribution in [3.8, 4) is 11.5 Å². The molecule has 0 aromatic heterocycles. The summed E-state index contributed by atoms with van der Waals surface area (Å²) in [7, 11) is 1.57. The van der Waals surface area contributed by atoms with Crippen LogP contribution in [0.5, 0.6) is 11.5 Å². The van der Waals surface area contributed by atoms with Crippen LogP contribution in [-0.4, -0.2) is 36.6 Å². The lowest BCUT2D eigenvalue weighted by Crippen LogP contribution is -2.44. The second-order valence-electron chi connectivity index (χ2n) is 5.75. The van der Waals surface area contributed by atoms with Crippen molar-refractivity contribution in [3.05, 3.63) is 54.6 Å². The topological polar surface area (TPSA) is 67.9 Å². The molecule has 3 rings (SSSR count). The average Bonchev–Trinajstić information content (AvgIpc) is 3.13. The van der Waals surface area contributed by atoms with Crippen LogP contribution < -0.4 is 14.8 Å². The number of hydrogen-bond acceptors (Lipinski definition) is 4. The monoisotopic (exact) mass is 340 g/mol. The van der Waals surface area contributed by atoms with Gasteiger partial charge in [-0.1, -0.05) is 24.3 Å². The Morgan fingerprint density at radius 3 is 2.60 bits per heavy atom. The van der Waals surface area contributed by atoms with Crippen molar-refractivity contribution in [2.75, 3.05) is 19.0 Å². The smallest absolute Gasteiger partial charge is 0.415 e. The predicted molar refractivity (Wildman–Crippen MR) is 93.8 cm³/mol. The SMILES string of the molecule is COc1cccc(NC(=O)C2CCCN2C(=O)Oc2ccccc2)c1. The molecule has 1 fully saturated rings. The third-order valence-electron chi connectivity index (χ3n) is 4.08. The van der Waals surface area contributed by atoms with Crippen molar-refractivity contribution in [1.82, 2.24) is 4.90 Å². The van der Waals surface area contributed by atoms with Gasteiger partial charge in [-0.15, -0.1) is 0 Å². The first-order valence-electron chi connectivity index (χ1n) is 8.16. The van der Waals surface area contributed by atoms with E-state index < -0.39 is 12.1 Å². The van der Waals surface area contributed by atoms with Crippen LogP contribution in [0.2, 0.25) is 0 Å². The zero-order valence-corrected chi connectivity index (χ0v) is 14.0. The van der Waals surface area contributed by atoms with Crippen LogP contribution >= 0.6 is 0 Å². The summed E-state index contributed by atoms with van der Waals surface area (Å²) in [5.74, 6) is 0.895. The molecule has 1 N–H and O–H groups in total. The van der Waals surface area contributed by atoms with E-state index in [-0.39, 0.29) is 5.91 Å². The lowest BCUT2D eigenvalue weighted by molar-refractivity contribution is -0.119. The molecule has 1 heterocycles. The van der Waals surface area contributed by atoms with E-state index in [1.54, 1.807) is 55.6 Å². The van der Waals surface area contributed by atoms with E-state index in [9.17, 15) is 9.59 Å². The van der Waals surface area contributed by atoms with Crippen LogP contribution in [0.3, 0.4) is 0 Å². The molecule has 2 amide bonds. The van der Waals surface area contributed by atoms with Gasteiger partial charge in [0, 0.05) is 18.3 Å². The molecule has 1 saturated heterocycles. The second kappa shape index (κ2) is 7.70. The summed E-state index contributed by atoms with van der Waals surface area (Å²) in [4.78, 5) is 26.4. The first-order chi connectivity index (χ1) is 12.2. The third-order valence-corrected chi connectivity index (χ3v) is 4.08. The Hall–Kier alpha value is -3.02. The van der Waals surface area contributed by atoms with Crippen LogP contribution in [0.15, 0.2) is 54.6 Å². The summed E-state index contributed by atoms with van der Waals surface area (Å²) in [5, 5.41) is 2.84. The molecule has 1 atom stereocenters. The van der Waals surface area contributed by atoms with Gasteiger partial charge in [-0.05, 0) is 37.1 Å². The summed E-state index contributed by atoms with van der Waals surface area (Å²) in [6, 6.07) is 15.4. The Labute approximate surface area is 146 Å². The van der Waals surface area contributed by atoms with Crippen molar-refractivity contribution in [3.63, 3.8) is 0 Å². The van der Waals surface area contributed by atoms with Gasteiger partial charge in [0.2, 0.25) is 5.91 Å². The quantitative estimate of drug-likeness (QED) is 0.927. The summed E-state index contributed by atoms with van der Waals surface area (Å²) in [5.41, 5.74) is 0.632. The van der Waals surface area contributed by atoms with Gasteiger partial charge in [0.05, 0.1) is 7.11 Å². The third kappa shape index (κ3) is 4.09. The van der Waals surface area contributed by atoms with Gasteiger partial charge in [0.15, 0.2) is 0 Å². The normalized spacial score (nSPS) is 16.4. The Balaban J connectivity index is 1.65. The number of amides is 2. The lowest BCUT2D eigenvalue weighted by atomic mass is 10.2. The maximum Gasteiger partial charge on any atom is 0.415 e. The largest absolute Gasteiger partial charge is 0.497 e. The Bertz CT molecular complexity index is 748. The van der Waals surface area contributed by atoms with Crippen molar-refractivity contribution in [2.45, 2.75) is 18.9 Å². The van der Waals surface area contributed by atoms with Crippen LogP contribution in [0.25, 0.3) is 0 Å². The number of methoxy groups -OCH3 is 1. The Kier molecular flexibility index (Phi) is 5.18. The number of nitrogens with one attached hydrogen (secondary N) is 1. The maximum absolute atomic E-state index is 12.6. The minimum atomic E-state index is -0.539. The zero-order chi connectivity index (χ0) is 17.6. The molecule has 6 nitrogen and oxygen atoms in total. The highest BCUT2D eigenvalue weighted by atomic mass is 16.6. The van der Waals surface area contributed by atoms with E-state index in [0.29, 0.717) is 30.2 Å². The van der Waals surface area contributed by atoms with Crippen LogP contribution in [0.1, 0.15) is 12.8 Å². The molecule has 0 bridgehead atoms. The van der Waals surface area contributed by atoms with Gasteiger partial charge in [-0.2, -0.15) is 0 Å². The molecule has 2 aromatic rings. The number of hydrogen-bond donors (Lipinski definition) is 1. The van der Waals surface area contributed by atoms with E-state index in [0.717, 1.165) is 6.42 Å². The fourth-order valence-corrected chi connectivity index (χ4v) is 2.83. The second-order valence-corrected chi connectivity index (χ2v) is 5.75. The van der Waals surface area contributed by atoms with Crippen LogP contribution in [0, 0.1) is 0 Å². The first kappa shape index (κ1) is 16.8. The number of anilines is 1. The number of benzene rings is 2.